The van der Waals surface area contributed by atoms with Gasteiger partial charge in [0, 0.05) is 25.3 Å². The summed E-state index contributed by atoms with van der Waals surface area (Å²) in [7, 11) is 3.98. The number of rotatable bonds is 4. The van der Waals surface area contributed by atoms with Gasteiger partial charge in [0.1, 0.15) is 11.7 Å². The summed E-state index contributed by atoms with van der Waals surface area (Å²) in [6, 6.07) is 0. The molecule has 0 radical (unpaired) electrons. The minimum atomic E-state index is -0.375. The Hall–Kier alpha value is -0.390. The van der Waals surface area contributed by atoms with Crippen LogP contribution in [0.4, 0.5) is 0 Å². The Morgan fingerprint density at radius 3 is 2.72 bits per heavy atom. The lowest BCUT2D eigenvalue weighted by Crippen LogP contribution is -2.39. The second kappa shape index (κ2) is 5.31. The maximum atomic E-state index is 12.2. The summed E-state index contributed by atoms with van der Waals surface area (Å²) in [6.07, 6.45) is 2.43. The van der Waals surface area contributed by atoms with Gasteiger partial charge in [-0.3, -0.25) is 14.6 Å². The third kappa shape index (κ3) is 2.63. The first kappa shape index (κ1) is 14.0. The number of carbonyl (C=O) groups excluding carboxylic acids is 2. The Kier molecular flexibility index (Phi) is 4.14. The number of hydrogen-bond acceptors (Lipinski definition) is 5. The van der Waals surface area contributed by atoms with Gasteiger partial charge in [-0.15, -0.1) is 11.8 Å². The van der Waals surface area contributed by atoms with E-state index in [0.717, 1.165) is 31.5 Å². The molecule has 0 N–H and O–H groups in total. The molecular formula is C13H22N2O2S. The van der Waals surface area contributed by atoms with Crippen LogP contribution < -0.4 is 0 Å². The first-order chi connectivity index (χ1) is 8.46. The number of thioether (sulfide) groups is 1. The number of hydrogen-bond donors (Lipinski definition) is 0. The van der Waals surface area contributed by atoms with E-state index in [-0.39, 0.29) is 10.9 Å². The zero-order chi connectivity index (χ0) is 13.3. The van der Waals surface area contributed by atoms with Gasteiger partial charge < -0.3 is 4.79 Å². The van der Waals surface area contributed by atoms with Crippen molar-refractivity contribution < 1.29 is 9.59 Å². The van der Waals surface area contributed by atoms with Gasteiger partial charge in [0.15, 0.2) is 5.78 Å². The van der Waals surface area contributed by atoms with Gasteiger partial charge in [0.2, 0.25) is 0 Å². The molecule has 1 unspecified atom stereocenters. The Morgan fingerprint density at radius 1 is 1.50 bits per heavy atom. The lowest BCUT2D eigenvalue weighted by atomic mass is 9.92. The van der Waals surface area contributed by atoms with Gasteiger partial charge in [0.05, 0.1) is 5.54 Å². The molecule has 0 spiro atoms. The van der Waals surface area contributed by atoms with Gasteiger partial charge in [-0.25, -0.2) is 0 Å². The highest BCUT2D eigenvalue weighted by atomic mass is 32.2. The van der Waals surface area contributed by atoms with Crippen LogP contribution >= 0.6 is 11.8 Å². The molecule has 5 heteroatoms. The fraction of sp³-hybridized carbons (Fsp3) is 0.846. The molecule has 102 valence electrons. The Morgan fingerprint density at radius 2 is 2.22 bits per heavy atom. The molecule has 0 amide bonds. The summed E-state index contributed by atoms with van der Waals surface area (Å²) in [5, 5.41) is 0.0402. The summed E-state index contributed by atoms with van der Waals surface area (Å²) in [6.45, 7) is 3.81. The van der Waals surface area contributed by atoms with Crippen LogP contribution in [-0.4, -0.2) is 65.7 Å². The number of aldehydes is 1. The largest absolute Gasteiger partial charge is 0.301 e. The van der Waals surface area contributed by atoms with Crippen LogP contribution in [-0.2, 0) is 9.59 Å². The van der Waals surface area contributed by atoms with Crippen LogP contribution in [0.3, 0.4) is 0 Å². The van der Waals surface area contributed by atoms with E-state index in [9.17, 15) is 9.59 Å². The molecule has 2 aliphatic heterocycles. The molecule has 2 aliphatic rings. The van der Waals surface area contributed by atoms with E-state index in [0.29, 0.717) is 18.1 Å². The predicted octanol–water partition coefficient (Wildman–Crippen LogP) is 0.860. The van der Waals surface area contributed by atoms with Crippen molar-refractivity contribution >= 4 is 23.8 Å². The van der Waals surface area contributed by atoms with Crippen LogP contribution in [0.15, 0.2) is 0 Å². The van der Waals surface area contributed by atoms with Gasteiger partial charge in [0.25, 0.3) is 0 Å². The molecule has 3 atom stereocenters. The van der Waals surface area contributed by atoms with E-state index in [1.165, 1.54) is 0 Å². The minimum Gasteiger partial charge on any atom is -0.301 e. The van der Waals surface area contributed by atoms with Crippen molar-refractivity contribution in [2.75, 3.05) is 32.9 Å². The van der Waals surface area contributed by atoms with E-state index < -0.39 is 0 Å². The molecule has 2 saturated heterocycles. The highest BCUT2D eigenvalue weighted by molar-refractivity contribution is 8.00. The lowest BCUT2D eigenvalue weighted by molar-refractivity contribution is -0.121. The number of likely N-dealkylation sites (tertiary alicyclic amines) is 1. The molecule has 0 bridgehead atoms. The summed E-state index contributed by atoms with van der Waals surface area (Å²) < 4.78 is 0. The lowest BCUT2D eigenvalue weighted by Gasteiger charge is -2.24. The highest BCUT2D eigenvalue weighted by Gasteiger charge is 2.41. The van der Waals surface area contributed by atoms with E-state index in [1.807, 2.05) is 21.0 Å². The smallest absolute Gasteiger partial charge is 0.160 e. The van der Waals surface area contributed by atoms with E-state index in [1.54, 1.807) is 11.8 Å². The number of nitrogens with zero attached hydrogens (tertiary/aromatic N) is 2. The standard InChI is InChI=1S/C13H22N2O2S/c1-13(9-16)7-10(8-15(13)3)6-11(17)12-14(2)4-5-18-12/h9-10,12H,4-8H2,1-3H3/t10?,12-,13-/m0/s1. The van der Waals surface area contributed by atoms with E-state index in [2.05, 4.69) is 9.80 Å². The van der Waals surface area contributed by atoms with Gasteiger partial charge >= 0.3 is 0 Å². The Labute approximate surface area is 113 Å². The average molecular weight is 270 g/mol. The quantitative estimate of drug-likeness (QED) is 0.709. The van der Waals surface area contributed by atoms with Crippen molar-refractivity contribution in [2.45, 2.75) is 30.7 Å². The van der Waals surface area contributed by atoms with Gasteiger partial charge in [-0.2, -0.15) is 0 Å². The zero-order valence-electron chi connectivity index (χ0n) is 11.4. The molecule has 0 aromatic rings. The monoisotopic (exact) mass is 270 g/mol. The fourth-order valence-corrected chi connectivity index (χ4v) is 4.21. The van der Waals surface area contributed by atoms with E-state index >= 15 is 0 Å². The molecule has 2 rings (SSSR count). The maximum Gasteiger partial charge on any atom is 0.160 e. The summed E-state index contributed by atoms with van der Waals surface area (Å²) >= 11 is 1.74. The average Bonchev–Trinajstić information content (AvgIpc) is 2.85. The van der Waals surface area contributed by atoms with Crippen LogP contribution in [0.5, 0.6) is 0 Å². The maximum absolute atomic E-state index is 12.2. The number of ketones is 1. The van der Waals surface area contributed by atoms with Crippen molar-refractivity contribution in [3.05, 3.63) is 0 Å². The van der Waals surface area contributed by atoms with Crippen molar-refractivity contribution in [3.63, 3.8) is 0 Å². The van der Waals surface area contributed by atoms with Crippen molar-refractivity contribution in [3.8, 4) is 0 Å². The van der Waals surface area contributed by atoms with Gasteiger partial charge in [-0.05, 0) is 33.4 Å². The van der Waals surface area contributed by atoms with E-state index in [4.69, 9.17) is 0 Å². The number of carbonyl (C=O) groups is 2. The van der Waals surface area contributed by atoms with Crippen LogP contribution in [0, 0.1) is 5.92 Å². The second-order valence-electron chi connectivity index (χ2n) is 5.80. The first-order valence-corrected chi connectivity index (χ1v) is 7.53. The molecule has 2 heterocycles. The molecule has 18 heavy (non-hydrogen) atoms. The van der Waals surface area contributed by atoms with Crippen LogP contribution in [0.2, 0.25) is 0 Å². The predicted molar refractivity (Wildman–Crippen MR) is 73.7 cm³/mol. The second-order valence-corrected chi connectivity index (χ2v) is 6.99. The van der Waals surface area contributed by atoms with Gasteiger partial charge in [-0.1, -0.05) is 0 Å². The van der Waals surface area contributed by atoms with Crippen LogP contribution in [0.1, 0.15) is 19.8 Å². The number of Topliss-reactive ketones (excluding diaryl/α,β-unsaturated/α-hetero) is 1. The third-order valence-electron chi connectivity index (χ3n) is 4.25. The Bertz CT molecular complexity index is 350. The highest BCUT2D eigenvalue weighted by Crippen LogP contribution is 2.34. The summed E-state index contributed by atoms with van der Waals surface area (Å²) in [5.74, 6) is 1.70. The normalized spacial score (nSPS) is 38.2. The molecular weight excluding hydrogens is 248 g/mol. The van der Waals surface area contributed by atoms with Crippen LogP contribution in [0.25, 0.3) is 0 Å². The van der Waals surface area contributed by atoms with Crippen molar-refractivity contribution in [1.29, 1.82) is 0 Å². The number of likely N-dealkylation sites (N-methyl/N-ethyl adjacent to an activating group) is 2. The third-order valence-corrected chi connectivity index (χ3v) is 5.60. The SMILES string of the molecule is CN1CCS[C@H]1C(=O)CC1CN(C)[C@](C)(C=O)C1. The van der Waals surface area contributed by atoms with Crippen molar-refractivity contribution in [1.82, 2.24) is 9.80 Å². The zero-order valence-corrected chi connectivity index (χ0v) is 12.2. The Balaban J connectivity index is 1.91. The minimum absolute atomic E-state index is 0.0402. The molecule has 0 aliphatic carbocycles. The summed E-state index contributed by atoms with van der Waals surface area (Å²) in [5.41, 5.74) is -0.375. The first-order valence-electron chi connectivity index (χ1n) is 6.48. The van der Waals surface area contributed by atoms with Crippen molar-refractivity contribution in [2.24, 2.45) is 5.92 Å². The fourth-order valence-electron chi connectivity index (χ4n) is 2.95. The molecule has 4 nitrogen and oxygen atoms in total. The molecule has 0 saturated carbocycles. The molecule has 0 aromatic heterocycles. The summed E-state index contributed by atoms with van der Waals surface area (Å²) in [4.78, 5) is 27.6. The topological polar surface area (TPSA) is 40.6 Å². The molecule has 0 aromatic carbocycles. The molecule has 2 fully saturated rings.